The quantitative estimate of drug-likeness (QED) is 0.778. The van der Waals surface area contributed by atoms with E-state index in [2.05, 4.69) is 0 Å². The third kappa shape index (κ3) is 3.66. The Balaban J connectivity index is 2.76. The van der Waals surface area contributed by atoms with Crippen LogP contribution in [-0.2, 0) is 0 Å². The minimum Gasteiger partial charge on any atom is -0.490 e. The predicted octanol–water partition coefficient (Wildman–Crippen LogP) is 2.43. The van der Waals surface area contributed by atoms with Gasteiger partial charge in [0.2, 0.25) is 0 Å². The molecule has 0 heterocycles. The van der Waals surface area contributed by atoms with Gasteiger partial charge in [0.1, 0.15) is 5.75 Å². The zero-order valence-electron chi connectivity index (χ0n) is 9.93. The number of rotatable bonds is 5. The Hall–Kier alpha value is -1.35. The van der Waals surface area contributed by atoms with Crippen molar-refractivity contribution in [3.63, 3.8) is 0 Å². The van der Waals surface area contributed by atoms with Gasteiger partial charge < -0.3 is 9.84 Å². The maximum Gasteiger partial charge on any atom is 0.163 e. The molecule has 0 unspecified atom stereocenters. The van der Waals surface area contributed by atoms with Crippen molar-refractivity contribution in [3.8, 4) is 5.75 Å². The first kappa shape index (κ1) is 12.7. The van der Waals surface area contributed by atoms with Crippen LogP contribution in [0.2, 0.25) is 0 Å². The molecule has 0 bridgehead atoms. The molecule has 88 valence electrons. The fourth-order valence-corrected chi connectivity index (χ4v) is 1.61. The molecule has 0 amide bonds. The summed E-state index contributed by atoms with van der Waals surface area (Å²) in [6, 6.07) is 7.15. The van der Waals surface area contributed by atoms with Crippen molar-refractivity contribution in [3.05, 3.63) is 29.8 Å². The Morgan fingerprint density at radius 2 is 2.00 bits per heavy atom. The molecule has 1 aromatic carbocycles. The van der Waals surface area contributed by atoms with Gasteiger partial charge in [-0.25, -0.2) is 0 Å². The highest BCUT2D eigenvalue weighted by molar-refractivity contribution is 5.96. The monoisotopic (exact) mass is 222 g/mol. The van der Waals surface area contributed by atoms with E-state index in [0.29, 0.717) is 17.7 Å². The number of benzene rings is 1. The Morgan fingerprint density at radius 1 is 1.38 bits per heavy atom. The Kier molecular flexibility index (Phi) is 4.50. The van der Waals surface area contributed by atoms with Gasteiger partial charge in [0, 0.05) is 6.42 Å². The number of para-hydroxylation sites is 1. The van der Waals surface area contributed by atoms with Gasteiger partial charge in [0.05, 0.1) is 17.8 Å². The van der Waals surface area contributed by atoms with Crippen LogP contribution in [0.25, 0.3) is 0 Å². The third-order valence-corrected chi connectivity index (χ3v) is 2.27. The van der Waals surface area contributed by atoms with Crippen molar-refractivity contribution in [2.75, 3.05) is 0 Å². The normalized spacial score (nSPS) is 14.2. The van der Waals surface area contributed by atoms with Crippen LogP contribution in [0.1, 0.15) is 37.6 Å². The standard InChI is InChI=1S/C13H18O3/c1-9(14)8-10(2)16-13-7-5-4-6-12(13)11(3)15/h4-7,9-10,14H,8H2,1-3H3/t9-,10+/m1/s1. The summed E-state index contributed by atoms with van der Waals surface area (Å²) in [6.07, 6.45) is 0.0340. The summed E-state index contributed by atoms with van der Waals surface area (Å²) in [6.45, 7) is 5.11. The van der Waals surface area contributed by atoms with Crippen molar-refractivity contribution in [1.82, 2.24) is 0 Å². The van der Waals surface area contributed by atoms with Crippen LogP contribution in [0.3, 0.4) is 0 Å². The molecule has 0 aliphatic carbocycles. The van der Waals surface area contributed by atoms with Gasteiger partial charge in [-0.2, -0.15) is 0 Å². The van der Waals surface area contributed by atoms with Crippen LogP contribution in [0.5, 0.6) is 5.75 Å². The lowest BCUT2D eigenvalue weighted by molar-refractivity contribution is 0.0993. The van der Waals surface area contributed by atoms with Crippen LogP contribution < -0.4 is 4.74 Å². The summed E-state index contributed by atoms with van der Waals surface area (Å²) in [5.41, 5.74) is 0.583. The molecule has 0 aromatic heterocycles. The fraction of sp³-hybridized carbons (Fsp3) is 0.462. The van der Waals surface area contributed by atoms with Gasteiger partial charge in [-0.05, 0) is 32.9 Å². The molecule has 0 aliphatic heterocycles. The number of ketones is 1. The number of carbonyl (C=O) groups excluding carboxylic acids is 1. The lowest BCUT2D eigenvalue weighted by atomic mass is 10.1. The maximum atomic E-state index is 11.3. The van der Waals surface area contributed by atoms with Crippen LogP contribution in [0.4, 0.5) is 0 Å². The molecular formula is C13H18O3. The van der Waals surface area contributed by atoms with Gasteiger partial charge in [-0.1, -0.05) is 12.1 Å². The molecule has 0 saturated carbocycles. The number of aliphatic hydroxyl groups is 1. The molecule has 0 saturated heterocycles. The van der Waals surface area contributed by atoms with E-state index in [0.717, 1.165) is 0 Å². The maximum absolute atomic E-state index is 11.3. The van der Waals surface area contributed by atoms with E-state index < -0.39 is 6.10 Å². The molecular weight excluding hydrogens is 204 g/mol. The lowest BCUT2D eigenvalue weighted by Crippen LogP contribution is -2.19. The first-order valence-corrected chi connectivity index (χ1v) is 5.45. The summed E-state index contributed by atoms with van der Waals surface area (Å²) >= 11 is 0. The van der Waals surface area contributed by atoms with Gasteiger partial charge >= 0.3 is 0 Å². The summed E-state index contributed by atoms with van der Waals surface area (Å²) in [5, 5.41) is 9.23. The first-order chi connectivity index (χ1) is 7.50. The van der Waals surface area contributed by atoms with E-state index >= 15 is 0 Å². The zero-order chi connectivity index (χ0) is 12.1. The highest BCUT2D eigenvalue weighted by atomic mass is 16.5. The summed E-state index contributed by atoms with van der Waals surface area (Å²) in [7, 11) is 0. The Labute approximate surface area is 96.1 Å². The SMILES string of the molecule is CC(=O)c1ccccc1O[C@@H](C)C[C@@H](C)O. The molecule has 0 spiro atoms. The van der Waals surface area contributed by atoms with E-state index in [9.17, 15) is 9.90 Å². The Morgan fingerprint density at radius 3 is 2.56 bits per heavy atom. The number of Topliss-reactive ketones (excluding diaryl/α,β-unsaturated/α-hetero) is 1. The largest absolute Gasteiger partial charge is 0.490 e. The number of hydrogen-bond donors (Lipinski definition) is 1. The molecule has 0 radical (unpaired) electrons. The second-order valence-electron chi connectivity index (χ2n) is 4.07. The van der Waals surface area contributed by atoms with Crippen LogP contribution in [0, 0.1) is 0 Å². The molecule has 3 nitrogen and oxygen atoms in total. The van der Waals surface area contributed by atoms with Crippen LogP contribution in [0.15, 0.2) is 24.3 Å². The van der Waals surface area contributed by atoms with Crippen molar-refractivity contribution >= 4 is 5.78 Å². The average molecular weight is 222 g/mol. The zero-order valence-corrected chi connectivity index (χ0v) is 9.93. The van der Waals surface area contributed by atoms with E-state index in [1.165, 1.54) is 6.92 Å². The molecule has 1 N–H and O–H groups in total. The topological polar surface area (TPSA) is 46.5 Å². The smallest absolute Gasteiger partial charge is 0.163 e. The molecule has 1 aromatic rings. The summed E-state index contributed by atoms with van der Waals surface area (Å²) in [5.74, 6) is 0.572. The third-order valence-electron chi connectivity index (χ3n) is 2.27. The number of hydrogen-bond acceptors (Lipinski definition) is 3. The fourth-order valence-electron chi connectivity index (χ4n) is 1.61. The molecule has 1 rings (SSSR count). The van der Waals surface area contributed by atoms with Gasteiger partial charge in [0.25, 0.3) is 0 Å². The van der Waals surface area contributed by atoms with Gasteiger partial charge in [0.15, 0.2) is 5.78 Å². The second-order valence-corrected chi connectivity index (χ2v) is 4.07. The molecule has 16 heavy (non-hydrogen) atoms. The molecule has 0 fully saturated rings. The predicted molar refractivity (Wildman–Crippen MR) is 62.8 cm³/mol. The van der Waals surface area contributed by atoms with Crippen molar-refractivity contribution in [1.29, 1.82) is 0 Å². The molecule has 0 aliphatic rings. The number of ether oxygens (including phenoxy) is 1. The Bertz CT molecular complexity index is 358. The van der Waals surface area contributed by atoms with Gasteiger partial charge in [-0.15, -0.1) is 0 Å². The van der Waals surface area contributed by atoms with Crippen molar-refractivity contribution < 1.29 is 14.6 Å². The van der Waals surface area contributed by atoms with Gasteiger partial charge in [-0.3, -0.25) is 4.79 Å². The average Bonchev–Trinajstić information content (AvgIpc) is 2.16. The highest BCUT2D eigenvalue weighted by Gasteiger charge is 2.12. The second kappa shape index (κ2) is 5.66. The molecule has 3 heteroatoms. The minimum atomic E-state index is -0.403. The summed E-state index contributed by atoms with van der Waals surface area (Å²) in [4.78, 5) is 11.3. The minimum absolute atomic E-state index is 0.0140. The van der Waals surface area contributed by atoms with E-state index in [1.54, 1.807) is 19.1 Å². The first-order valence-electron chi connectivity index (χ1n) is 5.45. The van der Waals surface area contributed by atoms with E-state index in [1.807, 2.05) is 19.1 Å². The van der Waals surface area contributed by atoms with E-state index in [-0.39, 0.29) is 11.9 Å². The summed E-state index contributed by atoms with van der Waals surface area (Å²) < 4.78 is 5.64. The van der Waals surface area contributed by atoms with Crippen LogP contribution >= 0.6 is 0 Å². The molecule has 2 atom stereocenters. The van der Waals surface area contributed by atoms with Crippen molar-refractivity contribution in [2.45, 2.75) is 39.4 Å². The van der Waals surface area contributed by atoms with E-state index in [4.69, 9.17) is 4.74 Å². The number of aliphatic hydroxyl groups excluding tert-OH is 1. The number of carbonyl (C=O) groups is 1. The van der Waals surface area contributed by atoms with Crippen molar-refractivity contribution in [2.24, 2.45) is 0 Å². The van der Waals surface area contributed by atoms with Crippen LogP contribution in [-0.4, -0.2) is 23.1 Å². The highest BCUT2D eigenvalue weighted by Crippen LogP contribution is 2.20. The lowest BCUT2D eigenvalue weighted by Gasteiger charge is -2.17.